The Kier molecular flexibility index (Phi) is 5.11. The normalized spacial score (nSPS) is 10.6. The van der Waals surface area contributed by atoms with Crippen LogP contribution in [0, 0.1) is 13.8 Å². The first-order chi connectivity index (χ1) is 10.1. The number of para-hydroxylation sites is 1. The summed E-state index contributed by atoms with van der Waals surface area (Å²) in [7, 11) is 0. The van der Waals surface area contributed by atoms with Crippen LogP contribution in [0.25, 0.3) is 0 Å². The van der Waals surface area contributed by atoms with Crippen LogP contribution in [-0.2, 0) is 0 Å². The van der Waals surface area contributed by atoms with E-state index in [2.05, 4.69) is 31.8 Å². The molecule has 0 aliphatic rings. The summed E-state index contributed by atoms with van der Waals surface area (Å²) in [5, 5.41) is 6.73. The van der Waals surface area contributed by atoms with Crippen molar-refractivity contribution in [1.29, 1.82) is 0 Å². The number of amides is 2. The third-order valence-electron chi connectivity index (χ3n) is 2.97. The van der Waals surface area contributed by atoms with Crippen LogP contribution < -0.4 is 10.7 Å². The number of nitrogens with one attached hydrogen (secondary N) is 2. The maximum Gasteiger partial charge on any atom is 0.339 e. The topological polar surface area (TPSA) is 53.5 Å². The van der Waals surface area contributed by atoms with Crippen molar-refractivity contribution in [3.8, 4) is 0 Å². The monoisotopic (exact) mass is 345 g/mol. The number of carbonyl (C=O) groups is 1. The summed E-state index contributed by atoms with van der Waals surface area (Å²) < 4.78 is 1.00. The standard InChI is InChI=1S/C16H16BrN3O/c1-11-4-3-5-12(2)15(11)19-16(21)20-18-10-13-6-8-14(17)9-7-13/h3-10H,1-2H3,(H2,19,20,21). The summed E-state index contributed by atoms with van der Waals surface area (Å²) >= 11 is 3.36. The van der Waals surface area contributed by atoms with Gasteiger partial charge >= 0.3 is 6.03 Å². The lowest BCUT2D eigenvalue weighted by Crippen LogP contribution is -2.25. The first-order valence-electron chi connectivity index (χ1n) is 6.48. The molecule has 2 rings (SSSR count). The summed E-state index contributed by atoms with van der Waals surface area (Å²) in [5.74, 6) is 0. The number of hydrazone groups is 1. The molecule has 0 spiro atoms. The number of benzene rings is 2. The molecular weight excluding hydrogens is 330 g/mol. The Bertz CT molecular complexity index is 645. The predicted molar refractivity (Wildman–Crippen MR) is 89.8 cm³/mol. The van der Waals surface area contributed by atoms with E-state index in [1.165, 1.54) is 0 Å². The fraction of sp³-hybridized carbons (Fsp3) is 0.125. The highest BCUT2D eigenvalue weighted by atomic mass is 79.9. The predicted octanol–water partition coefficient (Wildman–Crippen LogP) is 4.22. The van der Waals surface area contributed by atoms with Gasteiger partial charge in [0.2, 0.25) is 0 Å². The highest BCUT2D eigenvalue weighted by Crippen LogP contribution is 2.18. The van der Waals surface area contributed by atoms with E-state index in [1.807, 2.05) is 56.3 Å². The van der Waals surface area contributed by atoms with E-state index in [4.69, 9.17) is 0 Å². The molecule has 2 N–H and O–H groups in total. The van der Waals surface area contributed by atoms with Crippen LogP contribution in [0.5, 0.6) is 0 Å². The van der Waals surface area contributed by atoms with Crippen molar-refractivity contribution in [2.75, 3.05) is 5.32 Å². The van der Waals surface area contributed by atoms with Gasteiger partial charge in [0.15, 0.2) is 0 Å². The van der Waals surface area contributed by atoms with Crippen molar-refractivity contribution in [3.05, 3.63) is 63.6 Å². The lowest BCUT2D eigenvalue weighted by atomic mass is 10.1. The maximum absolute atomic E-state index is 11.8. The van der Waals surface area contributed by atoms with Crippen LogP contribution in [0.3, 0.4) is 0 Å². The summed E-state index contributed by atoms with van der Waals surface area (Å²) in [5.41, 5.74) is 6.21. The van der Waals surface area contributed by atoms with Crippen molar-refractivity contribution in [1.82, 2.24) is 5.43 Å². The molecular formula is C16H16BrN3O. The smallest absolute Gasteiger partial charge is 0.306 e. The molecule has 0 saturated heterocycles. The Balaban J connectivity index is 1.95. The van der Waals surface area contributed by atoms with E-state index < -0.39 is 0 Å². The van der Waals surface area contributed by atoms with E-state index in [9.17, 15) is 4.79 Å². The fourth-order valence-electron chi connectivity index (χ4n) is 1.87. The molecule has 0 radical (unpaired) electrons. The van der Waals surface area contributed by atoms with Gasteiger partial charge in [-0.15, -0.1) is 0 Å². The number of hydrogen-bond donors (Lipinski definition) is 2. The summed E-state index contributed by atoms with van der Waals surface area (Å²) in [6.45, 7) is 3.90. The van der Waals surface area contributed by atoms with Gasteiger partial charge in [-0.05, 0) is 42.7 Å². The van der Waals surface area contributed by atoms with Gasteiger partial charge in [0, 0.05) is 10.2 Å². The molecule has 0 aliphatic heterocycles. The van der Waals surface area contributed by atoms with Crippen LogP contribution in [0.4, 0.5) is 10.5 Å². The second-order valence-corrected chi connectivity index (χ2v) is 5.56. The second-order valence-electron chi connectivity index (χ2n) is 4.64. The molecule has 5 heteroatoms. The van der Waals surface area contributed by atoms with Crippen LogP contribution in [0.15, 0.2) is 52.0 Å². The zero-order valence-electron chi connectivity index (χ0n) is 11.9. The second kappa shape index (κ2) is 7.04. The minimum atomic E-state index is -0.360. The third-order valence-corrected chi connectivity index (χ3v) is 3.50. The van der Waals surface area contributed by atoms with Gasteiger partial charge in [-0.25, -0.2) is 10.2 Å². The van der Waals surface area contributed by atoms with Gasteiger partial charge in [0.1, 0.15) is 0 Å². The number of nitrogens with zero attached hydrogens (tertiary/aromatic N) is 1. The van der Waals surface area contributed by atoms with Crippen molar-refractivity contribution < 1.29 is 4.79 Å². The van der Waals surface area contributed by atoms with Crippen LogP contribution in [-0.4, -0.2) is 12.2 Å². The molecule has 0 aliphatic carbocycles. The molecule has 0 bridgehead atoms. The molecule has 2 aromatic carbocycles. The molecule has 2 aromatic rings. The first kappa shape index (κ1) is 15.3. The number of halogens is 1. The Morgan fingerprint density at radius 1 is 1.10 bits per heavy atom. The van der Waals surface area contributed by atoms with Gasteiger partial charge in [0.05, 0.1) is 6.21 Å². The number of aryl methyl sites for hydroxylation is 2. The van der Waals surface area contributed by atoms with E-state index in [-0.39, 0.29) is 6.03 Å². The first-order valence-corrected chi connectivity index (χ1v) is 7.27. The summed E-state index contributed by atoms with van der Waals surface area (Å²) in [6, 6.07) is 13.1. The van der Waals surface area contributed by atoms with Gasteiger partial charge < -0.3 is 5.32 Å². The number of rotatable bonds is 3. The number of anilines is 1. The van der Waals surface area contributed by atoms with Gasteiger partial charge in [-0.2, -0.15) is 5.10 Å². The number of hydrogen-bond acceptors (Lipinski definition) is 2. The molecule has 0 unspecified atom stereocenters. The highest BCUT2D eigenvalue weighted by molar-refractivity contribution is 9.10. The van der Waals surface area contributed by atoms with Crippen LogP contribution in [0.2, 0.25) is 0 Å². The Labute approximate surface area is 132 Å². The van der Waals surface area contributed by atoms with E-state index in [0.29, 0.717) is 0 Å². The summed E-state index contributed by atoms with van der Waals surface area (Å²) in [6.07, 6.45) is 1.59. The molecule has 0 aromatic heterocycles. The average molecular weight is 346 g/mol. The quantitative estimate of drug-likeness (QED) is 0.634. The third kappa shape index (κ3) is 4.43. The SMILES string of the molecule is Cc1cccc(C)c1NC(=O)NN=Cc1ccc(Br)cc1. The minimum absolute atomic E-state index is 0.360. The molecule has 0 atom stereocenters. The number of carbonyl (C=O) groups excluding carboxylic acids is 1. The molecule has 21 heavy (non-hydrogen) atoms. The maximum atomic E-state index is 11.8. The van der Waals surface area contributed by atoms with Crippen LogP contribution in [0.1, 0.15) is 16.7 Å². The average Bonchev–Trinajstić information content (AvgIpc) is 2.45. The fourth-order valence-corrected chi connectivity index (χ4v) is 2.13. The zero-order chi connectivity index (χ0) is 15.2. The van der Waals surface area contributed by atoms with Gasteiger partial charge in [0.25, 0.3) is 0 Å². The van der Waals surface area contributed by atoms with E-state index in [0.717, 1.165) is 26.9 Å². The van der Waals surface area contributed by atoms with Crippen molar-refractivity contribution in [3.63, 3.8) is 0 Å². The van der Waals surface area contributed by atoms with Crippen molar-refractivity contribution in [2.45, 2.75) is 13.8 Å². The Morgan fingerprint density at radius 2 is 1.71 bits per heavy atom. The molecule has 0 saturated carbocycles. The lowest BCUT2D eigenvalue weighted by molar-refractivity contribution is 0.252. The van der Waals surface area contributed by atoms with E-state index in [1.54, 1.807) is 6.21 Å². The molecule has 0 heterocycles. The van der Waals surface area contributed by atoms with E-state index >= 15 is 0 Å². The minimum Gasteiger partial charge on any atom is -0.306 e. The van der Waals surface area contributed by atoms with Gasteiger partial charge in [-0.1, -0.05) is 46.3 Å². The largest absolute Gasteiger partial charge is 0.339 e. The van der Waals surface area contributed by atoms with Crippen molar-refractivity contribution >= 4 is 33.9 Å². The highest BCUT2D eigenvalue weighted by Gasteiger charge is 2.05. The van der Waals surface area contributed by atoms with Gasteiger partial charge in [-0.3, -0.25) is 0 Å². The summed E-state index contributed by atoms with van der Waals surface area (Å²) in [4.78, 5) is 11.8. The Hall–Kier alpha value is -2.14. The lowest BCUT2D eigenvalue weighted by Gasteiger charge is -2.10. The Morgan fingerprint density at radius 3 is 2.33 bits per heavy atom. The van der Waals surface area contributed by atoms with Crippen LogP contribution >= 0.6 is 15.9 Å². The number of urea groups is 1. The molecule has 4 nitrogen and oxygen atoms in total. The van der Waals surface area contributed by atoms with Crippen molar-refractivity contribution in [2.24, 2.45) is 5.10 Å². The molecule has 0 fully saturated rings. The molecule has 108 valence electrons. The molecule has 2 amide bonds. The zero-order valence-corrected chi connectivity index (χ0v) is 13.4.